The Bertz CT molecular complexity index is 714. The van der Waals surface area contributed by atoms with Gasteiger partial charge in [0.2, 0.25) is 0 Å². The topological polar surface area (TPSA) is 55.1 Å². The molecule has 0 saturated carbocycles. The van der Waals surface area contributed by atoms with Crippen molar-refractivity contribution in [3.8, 4) is 0 Å². The maximum atomic E-state index is 12.2. The maximum Gasteiger partial charge on any atom is 0.348 e. The van der Waals surface area contributed by atoms with Gasteiger partial charge in [0.1, 0.15) is 5.60 Å². The lowest BCUT2D eigenvalue weighted by atomic mass is 9.86. The summed E-state index contributed by atoms with van der Waals surface area (Å²) in [6.07, 6.45) is 2.81. The van der Waals surface area contributed by atoms with Crippen molar-refractivity contribution in [2.45, 2.75) is 31.4 Å². The van der Waals surface area contributed by atoms with Gasteiger partial charge in [-0.1, -0.05) is 53.2 Å². The molecule has 1 N–H and O–H groups in total. The first-order valence-electron chi connectivity index (χ1n) is 7.06. The van der Waals surface area contributed by atoms with E-state index in [0.717, 1.165) is 17.5 Å². The second kappa shape index (κ2) is 5.39. The normalized spacial score (nSPS) is 24.0. The van der Waals surface area contributed by atoms with Crippen LogP contribution in [-0.4, -0.2) is 20.0 Å². The van der Waals surface area contributed by atoms with Gasteiger partial charge in [-0.2, -0.15) is 0 Å². The SMILES string of the molecule is CCc1cnc(=O)n2c1[C@@](O)(c1ccccc1)C[C@@H]2CBr. The van der Waals surface area contributed by atoms with Gasteiger partial charge in [0.15, 0.2) is 0 Å². The van der Waals surface area contributed by atoms with Crippen molar-refractivity contribution < 1.29 is 5.11 Å². The molecule has 1 aromatic heterocycles. The molecular formula is C16H17BrN2O2. The third kappa shape index (κ3) is 2.15. The van der Waals surface area contributed by atoms with Gasteiger partial charge in [-0.25, -0.2) is 9.78 Å². The number of hydrogen-bond donors (Lipinski definition) is 1. The minimum atomic E-state index is -1.13. The van der Waals surface area contributed by atoms with E-state index in [1.807, 2.05) is 37.3 Å². The minimum absolute atomic E-state index is 0.0864. The Balaban J connectivity index is 2.30. The highest BCUT2D eigenvalue weighted by molar-refractivity contribution is 9.09. The van der Waals surface area contributed by atoms with Crippen molar-refractivity contribution in [3.63, 3.8) is 0 Å². The van der Waals surface area contributed by atoms with Crippen molar-refractivity contribution in [3.05, 3.63) is 63.8 Å². The maximum absolute atomic E-state index is 12.2. The van der Waals surface area contributed by atoms with Gasteiger partial charge < -0.3 is 5.11 Å². The molecule has 0 spiro atoms. The van der Waals surface area contributed by atoms with E-state index in [0.29, 0.717) is 17.4 Å². The molecule has 2 heterocycles. The molecule has 1 aliphatic heterocycles. The summed E-state index contributed by atoms with van der Waals surface area (Å²) in [6, 6.07) is 9.46. The fraction of sp³-hybridized carbons (Fsp3) is 0.375. The number of benzene rings is 1. The molecule has 2 atom stereocenters. The van der Waals surface area contributed by atoms with Crippen LogP contribution in [0.1, 0.15) is 36.2 Å². The molecule has 5 heteroatoms. The van der Waals surface area contributed by atoms with Crippen LogP contribution >= 0.6 is 15.9 Å². The third-order valence-corrected chi connectivity index (χ3v) is 4.93. The largest absolute Gasteiger partial charge is 0.379 e. The minimum Gasteiger partial charge on any atom is -0.379 e. The zero-order valence-corrected chi connectivity index (χ0v) is 13.4. The molecule has 21 heavy (non-hydrogen) atoms. The van der Waals surface area contributed by atoms with E-state index in [9.17, 15) is 9.90 Å². The smallest absolute Gasteiger partial charge is 0.348 e. The van der Waals surface area contributed by atoms with Gasteiger partial charge in [0.05, 0.1) is 11.7 Å². The number of alkyl halides is 1. The number of aromatic nitrogens is 2. The molecule has 110 valence electrons. The third-order valence-electron chi connectivity index (χ3n) is 4.18. The highest BCUT2D eigenvalue weighted by Crippen LogP contribution is 2.44. The zero-order valence-electron chi connectivity index (χ0n) is 11.8. The monoisotopic (exact) mass is 348 g/mol. The summed E-state index contributed by atoms with van der Waals surface area (Å²) in [4.78, 5) is 16.1. The van der Waals surface area contributed by atoms with E-state index in [1.165, 1.54) is 0 Å². The number of aliphatic hydroxyl groups is 1. The van der Waals surface area contributed by atoms with E-state index in [2.05, 4.69) is 20.9 Å². The summed E-state index contributed by atoms with van der Waals surface area (Å²) in [5.41, 5.74) is 1.01. The highest BCUT2D eigenvalue weighted by Gasteiger charge is 2.45. The Morgan fingerprint density at radius 2 is 2.14 bits per heavy atom. The molecule has 1 aromatic carbocycles. The molecule has 0 aliphatic carbocycles. The average Bonchev–Trinajstić information content (AvgIpc) is 2.84. The summed E-state index contributed by atoms with van der Waals surface area (Å²) < 4.78 is 1.65. The molecular weight excluding hydrogens is 332 g/mol. The van der Waals surface area contributed by atoms with E-state index >= 15 is 0 Å². The van der Waals surface area contributed by atoms with E-state index in [1.54, 1.807) is 10.8 Å². The lowest BCUT2D eigenvalue weighted by Gasteiger charge is -2.25. The number of nitrogens with zero attached hydrogens (tertiary/aromatic N) is 2. The number of hydrogen-bond acceptors (Lipinski definition) is 3. The van der Waals surface area contributed by atoms with Gasteiger partial charge in [-0.15, -0.1) is 0 Å². The van der Waals surface area contributed by atoms with Crippen LogP contribution in [0.15, 0.2) is 41.3 Å². The Labute approximate surface area is 131 Å². The first kappa shape index (κ1) is 14.5. The lowest BCUT2D eigenvalue weighted by Crippen LogP contribution is -2.31. The molecule has 4 nitrogen and oxygen atoms in total. The lowest BCUT2D eigenvalue weighted by molar-refractivity contribution is 0.0779. The van der Waals surface area contributed by atoms with Crippen molar-refractivity contribution >= 4 is 15.9 Å². The van der Waals surface area contributed by atoms with Crippen LogP contribution in [-0.2, 0) is 12.0 Å². The van der Waals surface area contributed by atoms with Crippen molar-refractivity contribution in [1.29, 1.82) is 0 Å². The van der Waals surface area contributed by atoms with Crippen molar-refractivity contribution in [2.24, 2.45) is 0 Å². The van der Waals surface area contributed by atoms with Crippen LogP contribution in [0.5, 0.6) is 0 Å². The molecule has 0 unspecified atom stereocenters. The summed E-state index contributed by atoms with van der Waals surface area (Å²) in [6.45, 7) is 2.01. The molecule has 0 radical (unpaired) electrons. The molecule has 0 amide bonds. The van der Waals surface area contributed by atoms with Gasteiger partial charge >= 0.3 is 5.69 Å². The van der Waals surface area contributed by atoms with Crippen LogP contribution in [0.4, 0.5) is 0 Å². The van der Waals surface area contributed by atoms with Crippen molar-refractivity contribution in [2.75, 3.05) is 5.33 Å². The predicted molar refractivity (Wildman–Crippen MR) is 84.8 cm³/mol. The fourth-order valence-corrected chi connectivity index (χ4v) is 3.71. The zero-order chi connectivity index (χ0) is 15.0. The molecule has 3 rings (SSSR count). The summed E-state index contributed by atoms with van der Waals surface area (Å²) in [5.74, 6) is 0. The van der Waals surface area contributed by atoms with Gasteiger partial charge in [0, 0.05) is 17.9 Å². The first-order valence-corrected chi connectivity index (χ1v) is 8.18. The van der Waals surface area contributed by atoms with Crippen LogP contribution < -0.4 is 5.69 Å². The van der Waals surface area contributed by atoms with E-state index in [4.69, 9.17) is 0 Å². The second-order valence-corrected chi connectivity index (χ2v) is 6.02. The Morgan fingerprint density at radius 1 is 1.43 bits per heavy atom. The second-order valence-electron chi connectivity index (χ2n) is 5.38. The highest BCUT2D eigenvalue weighted by atomic mass is 79.9. The standard InChI is InChI=1S/C16H17BrN2O2/c1-2-11-10-18-15(20)19-13(9-17)8-16(21,14(11)19)12-6-4-3-5-7-12/h3-7,10,13,21H,2,8-9H2,1H3/t13-,16+/m1/s1. The predicted octanol–water partition coefficient (Wildman–Crippen LogP) is 2.38. The Morgan fingerprint density at radius 3 is 2.76 bits per heavy atom. The van der Waals surface area contributed by atoms with Gasteiger partial charge in [-0.3, -0.25) is 4.57 Å². The number of aryl methyl sites for hydroxylation is 1. The fourth-order valence-electron chi connectivity index (χ4n) is 3.19. The first-order chi connectivity index (χ1) is 10.1. The molecule has 0 saturated heterocycles. The summed E-state index contributed by atoms with van der Waals surface area (Å²) >= 11 is 3.45. The van der Waals surface area contributed by atoms with Crippen LogP contribution in [0, 0.1) is 0 Å². The quantitative estimate of drug-likeness (QED) is 0.866. The molecule has 0 bridgehead atoms. The summed E-state index contributed by atoms with van der Waals surface area (Å²) in [5, 5.41) is 12.0. The van der Waals surface area contributed by atoms with E-state index < -0.39 is 5.60 Å². The number of halogens is 1. The van der Waals surface area contributed by atoms with Crippen LogP contribution in [0.3, 0.4) is 0 Å². The number of rotatable bonds is 3. The Hall–Kier alpha value is -1.46. The average molecular weight is 349 g/mol. The van der Waals surface area contributed by atoms with Crippen LogP contribution in [0.2, 0.25) is 0 Å². The molecule has 2 aromatic rings. The van der Waals surface area contributed by atoms with Crippen molar-refractivity contribution in [1.82, 2.24) is 9.55 Å². The molecule has 1 aliphatic rings. The Kier molecular flexibility index (Phi) is 3.71. The van der Waals surface area contributed by atoms with Gasteiger partial charge in [-0.05, 0) is 17.5 Å². The van der Waals surface area contributed by atoms with E-state index in [-0.39, 0.29) is 11.7 Å². The summed E-state index contributed by atoms with van der Waals surface area (Å²) in [7, 11) is 0. The molecule has 0 fully saturated rings. The van der Waals surface area contributed by atoms with Crippen LogP contribution in [0.25, 0.3) is 0 Å². The van der Waals surface area contributed by atoms with Gasteiger partial charge in [0.25, 0.3) is 0 Å². The number of fused-ring (bicyclic) bond motifs is 1.